The van der Waals surface area contributed by atoms with Crippen molar-refractivity contribution in [3.63, 3.8) is 0 Å². The smallest absolute Gasteiger partial charge is 0.347 e. The first kappa shape index (κ1) is 21.9. The lowest BCUT2D eigenvalue weighted by Gasteiger charge is -2.23. The molecule has 1 aliphatic carbocycles. The highest BCUT2D eigenvalue weighted by atomic mass is 16.6. The molecule has 1 aromatic heterocycles. The molecule has 0 saturated carbocycles. The van der Waals surface area contributed by atoms with Crippen LogP contribution in [0.5, 0.6) is 11.5 Å². The molecule has 2 aromatic carbocycles. The third-order valence-corrected chi connectivity index (χ3v) is 6.26. The van der Waals surface area contributed by atoms with Crippen molar-refractivity contribution in [2.45, 2.75) is 31.8 Å². The number of ether oxygens (including phenoxy) is 4. The Kier molecular flexibility index (Phi) is 5.92. The Morgan fingerprint density at radius 3 is 2.68 bits per heavy atom. The summed E-state index contributed by atoms with van der Waals surface area (Å²) in [7, 11) is 3.21. The largest absolute Gasteiger partial charge is 0.493 e. The molecule has 3 aromatic rings. The second kappa shape index (κ2) is 9.17. The van der Waals surface area contributed by atoms with Gasteiger partial charge >= 0.3 is 11.9 Å². The van der Waals surface area contributed by atoms with Crippen LogP contribution in [0.1, 0.15) is 46.4 Å². The van der Waals surface area contributed by atoms with Gasteiger partial charge in [0.2, 0.25) is 6.10 Å². The van der Waals surface area contributed by atoms with Crippen LogP contribution in [0.15, 0.2) is 42.5 Å². The van der Waals surface area contributed by atoms with Gasteiger partial charge in [0, 0.05) is 11.8 Å². The summed E-state index contributed by atoms with van der Waals surface area (Å²) in [5.41, 5.74) is 4.83. The van der Waals surface area contributed by atoms with Crippen molar-refractivity contribution in [3.8, 4) is 11.5 Å². The maximum Gasteiger partial charge on any atom is 0.347 e. The quantitative estimate of drug-likeness (QED) is 0.516. The molecule has 5 rings (SSSR count). The zero-order valence-electron chi connectivity index (χ0n) is 19.1. The van der Waals surface area contributed by atoms with Crippen molar-refractivity contribution in [1.82, 2.24) is 4.98 Å². The molecule has 0 N–H and O–H groups in total. The van der Waals surface area contributed by atoms with E-state index >= 15 is 0 Å². The number of carbonyl (C=O) groups is 2. The van der Waals surface area contributed by atoms with Crippen LogP contribution < -0.4 is 9.47 Å². The number of carbonyl (C=O) groups excluding carboxylic acids is 2. The summed E-state index contributed by atoms with van der Waals surface area (Å²) >= 11 is 0. The number of hydrogen-bond acceptors (Lipinski definition) is 7. The number of methoxy groups -OCH3 is 2. The molecule has 174 valence electrons. The van der Waals surface area contributed by atoms with Crippen LogP contribution in [0, 0.1) is 0 Å². The Bertz CT molecular complexity index is 1310. The van der Waals surface area contributed by atoms with Gasteiger partial charge in [-0.25, -0.2) is 14.6 Å². The van der Waals surface area contributed by atoms with Gasteiger partial charge in [0.05, 0.1) is 37.6 Å². The molecule has 0 amide bonds. The minimum Gasteiger partial charge on any atom is -0.493 e. The first-order valence-electron chi connectivity index (χ1n) is 11.3. The highest BCUT2D eigenvalue weighted by Crippen LogP contribution is 2.37. The van der Waals surface area contributed by atoms with Crippen LogP contribution in [-0.4, -0.2) is 43.9 Å². The van der Waals surface area contributed by atoms with Crippen molar-refractivity contribution in [2.75, 3.05) is 20.8 Å². The van der Waals surface area contributed by atoms with E-state index in [1.165, 1.54) is 0 Å². The molecular formula is C27H25NO6. The van der Waals surface area contributed by atoms with Gasteiger partial charge in [0.25, 0.3) is 0 Å². The Balaban J connectivity index is 1.61. The van der Waals surface area contributed by atoms with Gasteiger partial charge in [-0.3, -0.25) is 0 Å². The Morgan fingerprint density at radius 1 is 1.09 bits per heavy atom. The van der Waals surface area contributed by atoms with Crippen molar-refractivity contribution in [3.05, 3.63) is 64.8 Å². The number of cyclic esters (lactones) is 1. The summed E-state index contributed by atoms with van der Waals surface area (Å²) in [6.45, 7) is 0.268. The summed E-state index contributed by atoms with van der Waals surface area (Å²) in [5, 5.41) is 0.727. The standard InChI is InChI=1S/C27H25NO6/c1-31-21-11-10-16(15-23(21)32-2)14-17-6-5-8-19-24(27(30)34-22-12-13-33-26(22)29)18-7-3-4-9-20(18)28-25(17)19/h3-4,7,9-11,14-15,22H,5-6,8,12-13H2,1-2H3/b17-14-. The van der Waals surface area contributed by atoms with E-state index in [-0.39, 0.29) is 6.61 Å². The normalized spacial score (nSPS) is 18.5. The summed E-state index contributed by atoms with van der Waals surface area (Å²) < 4.78 is 21.4. The minimum absolute atomic E-state index is 0.268. The SMILES string of the molecule is COc1ccc(/C=C2/CCCc3c2nc2ccccc2c3C(=O)OC2CCOC2=O)cc1OC. The molecule has 1 unspecified atom stereocenters. The monoisotopic (exact) mass is 459 g/mol. The highest BCUT2D eigenvalue weighted by molar-refractivity contribution is 6.07. The Hall–Kier alpha value is -3.87. The Morgan fingerprint density at radius 2 is 1.91 bits per heavy atom. The molecule has 2 aliphatic rings. The van der Waals surface area contributed by atoms with Gasteiger partial charge in [-0.15, -0.1) is 0 Å². The molecule has 1 saturated heterocycles. The first-order chi connectivity index (χ1) is 16.6. The molecule has 0 bridgehead atoms. The number of pyridine rings is 1. The minimum atomic E-state index is -0.861. The lowest BCUT2D eigenvalue weighted by Crippen LogP contribution is -2.24. The summed E-state index contributed by atoms with van der Waals surface area (Å²) in [4.78, 5) is 30.2. The first-order valence-corrected chi connectivity index (χ1v) is 11.3. The second-order valence-corrected chi connectivity index (χ2v) is 8.32. The average Bonchev–Trinajstić information content (AvgIpc) is 3.26. The molecule has 7 nitrogen and oxygen atoms in total. The van der Waals surface area contributed by atoms with E-state index in [2.05, 4.69) is 6.08 Å². The molecule has 34 heavy (non-hydrogen) atoms. The number of benzene rings is 2. The van der Waals surface area contributed by atoms with Crippen molar-refractivity contribution < 1.29 is 28.5 Å². The molecule has 1 atom stereocenters. The summed E-state index contributed by atoms with van der Waals surface area (Å²) in [6, 6.07) is 13.3. The van der Waals surface area contributed by atoms with Crippen molar-refractivity contribution >= 4 is 34.5 Å². The van der Waals surface area contributed by atoms with E-state index in [9.17, 15) is 9.59 Å². The van der Waals surface area contributed by atoms with E-state index in [0.29, 0.717) is 35.4 Å². The van der Waals surface area contributed by atoms with E-state index in [1.54, 1.807) is 14.2 Å². The maximum absolute atomic E-state index is 13.3. The molecule has 0 radical (unpaired) electrons. The van der Waals surface area contributed by atoms with Crippen LogP contribution in [0.25, 0.3) is 22.6 Å². The number of rotatable bonds is 5. The number of fused-ring (bicyclic) bond motifs is 2. The Labute approximate surface area is 197 Å². The summed E-state index contributed by atoms with van der Waals surface area (Å²) in [5.74, 6) is 0.307. The lowest BCUT2D eigenvalue weighted by atomic mass is 9.86. The van der Waals surface area contributed by atoms with Gasteiger partial charge in [0.15, 0.2) is 11.5 Å². The topological polar surface area (TPSA) is 84.0 Å². The average molecular weight is 459 g/mol. The lowest BCUT2D eigenvalue weighted by molar-refractivity contribution is -0.145. The number of esters is 2. The molecular weight excluding hydrogens is 434 g/mol. The van der Waals surface area contributed by atoms with Crippen LogP contribution in [0.3, 0.4) is 0 Å². The van der Waals surface area contributed by atoms with Crippen LogP contribution >= 0.6 is 0 Å². The fourth-order valence-electron chi connectivity index (χ4n) is 4.62. The van der Waals surface area contributed by atoms with Crippen molar-refractivity contribution in [2.24, 2.45) is 0 Å². The molecule has 0 spiro atoms. The highest BCUT2D eigenvalue weighted by Gasteiger charge is 2.33. The fourth-order valence-corrected chi connectivity index (χ4v) is 4.62. The van der Waals surface area contributed by atoms with Gasteiger partial charge in [-0.2, -0.15) is 0 Å². The van der Waals surface area contributed by atoms with Crippen LogP contribution in [0.4, 0.5) is 0 Å². The fraction of sp³-hybridized carbons (Fsp3) is 0.296. The molecule has 1 aliphatic heterocycles. The van der Waals surface area contributed by atoms with E-state index < -0.39 is 18.0 Å². The van der Waals surface area contributed by atoms with Gasteiger partial charge < -0.3 is 18.9 Å². The van der Waals surface area contributed by atoms with Crippen molar-refractivity contribution in [1.29, 1.82) is 0 Å². The number of aromatic nitrogens is 1. The number of allylic oxidation sites excluding steroid dienone is 1. The predicted molar refractivity (Wildman–Crippen MR) is 127 cm³/mol. The predicted octanol–water partition coefficient (Wildman–Crippen LogP) is 4.60. The van der Waals surface area contributed by atoms with Gasteiger partial charge in [-0.1, -0.05) is 24.3 Å². The third-order valence-electron chi connectivity index (χ3n) is 6.26. The van der Waals surface area contributed by atoms with E-state index in [0.717, 1.165) is 40.6 Å². The van der Waals surface area contributed by atoms with Gasteiger partial charge in [-0.05, 0) is 60.2 Å². The second-order valence-electron chi connectivity index (χ2n) is 8.32. The number of hydrogen-bond donors (Lipinski definition) is 0. The molecule has 7 heteroatoms. The zero-order chi connectivity index (χ0) is 23.7. The van der Waals surface area contributed by atoms with E-state index in [1.807, 2.05) is 42.5 Å². The maximum atomic E-state index is 13.3. The van der Waals surface area contributed by atoms with Gasteiger partial charge in [0.1, 0.15) is 0 Å². The number of para-hydroxylation sites is 1. The van der Waals surface area contributed by atoms with Crippen LogP contribution in [-0.2, 0) is 20.7 Å². The van der Waals surface area contributed by atoms with Crippen LogP contribution in [0.2, 0.25) is 0 Å². The molecule has 2 heterocycles. The zero-order valence-corrected chi connectivity index (χ0v) is 19.1. The third kappa shape index (κ3) is 3.98. The van der Waals surface area contributed by atoms with E-state index in [4.69, 9.17) is 23.9 Å². The number of nitrogens with zero attached hydrogens (tertiary/aromatic N) is 1. The molecule has 1 fully saturated rings. The summed E-state index contributed by atoms with van der Waals surface area (Å²) in [6.07, 6.45) is 4.00.